The average molecular weight is 378 g/mol. The van der Waals surface area contributed by atoms with Crippen molar-refractivity contribution < 1.29 is 9.47 Å². The number of benzene rings is 1. The molecule has 0 amide bonds. The van der Waals surface area contributed by atoms with Crippen molar-refractivity contribution in [2.45, 2.75) is 25.9 Å². The first-order valence-electron chi connectivity index (χ1n) is 7.19. The van der Waals surface area contributed by atoms with Crippen LogP contribution in [-0.4, -0.2) is 37.2 Å². The van der Waals surface area contributed by atoms with Crippen LogP contribution in [0.15, 0.2) is 16.6 Å². The standard InChI is InChI=1S/C15H21BrN2O2.ClH/c1-10-4-11(7-17)8-18(10)9-12-5-14-15(6-13(12)16)20-3-2-19-14;/h5-6,10-11H,2-4,7-9,17H2,1H3;1H. The molecule has 0 aliphatic carbocycles. The van der Waals surface area contributed by atoms with Crippen molar-refractivity contribution in [3.05, 3.63) is 22.2 Å². The average Bonchev–Trinajstić information content (AvgIpc) is 2.80. The minimum atomic E-state index is 0. The molecule has 21 heavy (non-hydrogen) atoms. The molecule has 1 saturated heterocycles. The maximum atomic E-state index is 5.80. The summed E-state index contributed by atoms with van der Waals surface area (Å²) >= 11 is 3.65. The maximum absolute atomic E-state index is 5.80. The molecule has 0 radical (unpaired) electrons. The van der Waals surface area contributed by atoms with Gasteiger partial charge in [-0.15, -0.1) is 12.4 Å². The molecule has 1 fully saturated rings. The second kappa shape index (κ2) is 7.18. The van der Waals surface area contributed by atoms with Crippen molar-refractivity contribution in [1.82, 2.24) is 4.90 Å². The minimum absolute atomic E-state index is 0. The zero-order valence-electron chi connectivity index (χ0n) is 12.2. The highest BCUT2D eigenvalue weighted by molar-refractivity contribution is 9.10. The molecule has 0 bridgehead atoms. The normalized spacial score (nSPS) is 24.7. The number of nitrogens with two attached hydrogens (primary N) is 1. The molecule has 6 heteroatoms. The molecular weight excluding hydrogens is 356 g/mol. The van der Waals surface area contributed by atoms with Crippen molar-refractivity contribution >= 4 is 28.3 Å². The lowest BCUT2D eigenvalue weighted by Crippen LogP contribution is -2.27. The molecule has 2 heterocycles. The Hall–Kier alpha value is -0.490. The van der Waals surface area contributed by atoms with Gasteiger partial charge in [0.05, 0.1) is 0 Å². The van der Waals surface area contributed by atoms with E-state index in [1.807, 2.05) is 6.07 Å². The highest BCUT2D eigenvalue weighted by Gasteiger charge is 2.28. The molecule has 1 aromatic rings. The highest BCUT2D eigenvalue weighted by Crippen LogP contribution is 2.37. The monoisotopic (exact) mass is 376 g/mol. The maximum Gasteiger partial charge on any atom is 0.162 e. The third kappa shape index (κ3) is 3.65. The molecule has 0 spiro atoms. The van der Waals surface area contributed by atoms with E-state index in [1.54, 1.807) is 0 Å². The predicted molar refractivity (Wildman–Crippen MR) is 89.4 cm³/mol. The van der Waals surface area contributed by atoms with E-state index in [0.717, 1.165) is 35.6 Å². The van der Waals surface area contributed by atoms with Crippen molar-refractivity contribution in [3.8, 4) is 11.5 Å². The lowest BCUT2D eigenvalue weighted by atomic mass is 10.1. The SMILES string of the molecule is CC1CC(CN)CN1Cc1cc2c(cc1Br)OCCO2.Cl. The summed E-state index contributed by atoms with van der Waals surface area (Å²) in [6.07, 6.45) is 1.19. The van der Waals surface area contributed by atoms with E-state index in [4.69, 9.17) is 15.2 Å². The molecule has 2 aliphatic rings. The van der Waals surface area contributed by atoms with Crippen LogP contribution in [0.25, 0.3) is 0 Å². The summed E-state index contributed by atoms with van der Waals surface area (Å²) < 4.78 is 12.4. The molecule has 2 N–H and O–H groups in total. The van der Waals surface area contributed by atoms with Crippen LogP contribution in [0, 0.1) is 5.92 Å². The second-order valence-corrected chi connectivity index (χ2v) is 6.56. The number of fused-ring (bicyclic) bond motifs is 1. The summed E-state index contributed by atoms with van der Waals surface area (Å²) in [5.41, 5.74) is 7.05. The van der Waals surface area contributed by atoms with Crippen molar-refractivity contribution in [3.63, 3.8) is 0 Å². The molecule has 2 aliphatic heterocycles. The third-order valence-corrected chi connectivity index (χ3v) is 4.95. The highest BCUT2D eigenvalue weighted by atomic mass is 79.9. The summed E-state index contributed by atoms with van der Waals surface area (Å²) in [7, 11) is 0. The van der Waals surface area contributed by atoms with E-state index in [9.17, 15) is 0 Å². The lowest BCUT2D eigenvalue weighted by molar-refractivity contribution is 0.170. The molecular formula is C15H22BrClN2O2. The second-order valence-electron chi connectivity index (χ2n) is 5.70. The summed E-state index contributed by atoms with van der Waals surface area (Å²) in [6, 6.07) is 4.70. The predicted octanol–water partition coefficient (Wildman–Crippen LogP) is 2.81. The minimum Gasteiger partial charge on any atom is -0.486 e. The first-order chi connectivity index (χ1) is 9.67. The Balaban J connectivity index is 0.00000161. The van der Waals surface area contributed by atoms with Gasteiger partial charge < -0.3 is 15.2 Å². The van der Waals surface area contributed by atoms with Gasteiger partial charge in [-0.05, 0) is 43.5 Å². The quantitative estimate of drug-likeness (QED) is 0.880. The molecule has 3 rings (SSSR count). The Kier molecular flexibility index (Phi) is 5.77. The van der Waals surface area contributed by atoms with Crippen molar-refractivity contribution in [2.75, 3.05) is 26.3 Å². The van der Waals surface area contributed by atoms with E-state index in [1.165, 1.54) is 12.0 Å². The fraction of sp³-hybridized carbons (Fsp3) is 0.600. The van der Waals surface area contributed by atoms with Crippen LogP contribution in [0.4, 0.5) is 0 Å². The van der Waals surface area contributed by atoms with E-state index in [0.29, 0.717) is 25.2 Å². The summed E-state index contributed by atoms with van der Waals surface area (Å²) in [4.78, 5) is 2.49. The van der Waals surface area contributed by atoms with Crippen LogP contribution in [0.1, 0.15) is 18.9 Å². The summed E-state index contributed by atoms with van der Waals surface area (Å²) in [5, 5.41) is 0. The van der Waals surface area contributed by atoms with Gasteiger partial charge in [-0.25, -0.2) is 0 Å². The van der Waals surface area contributed by atoms with Crippen LogP contribution in [0.5, 0.6) is 11.5 Å². The fourth-order valence-corrected chi connectivity index (χ4v) is 3.50. The van der Waals surface area contributed by atoms with Crippen LogP contribution in [0.3, 0.4) is 0 Å². The smallest absolute Gasteiger partial charge is 0.162 e. The number of hydrogen-bond donors (Lipinski definition) is 1. The van der Waals surface area contributed by atoms with Crippen LogP contribution < -0.4 is 15.2 Å². The van der Waals surface area contributed by atoms with Gasteiger partial charge in [-0.1, -0.05) is 15.9 Å². The number of rotatable bonds is 3. The third-order valence-electron chi connectivity index (χ3n) is 4.21. The van der Waals surface area contributed by atoms with Crippen LogP contribution in [-0.2, 0) is 6.54 Å². The number of nitrogens with zero attached hydrogens (tertiary/aromatic N) is 1. The van der Waals surface area contributed by atoms with Crippen LogP contribution >= 0.6 is 28.3 Å². The van der Waals surface area contributed by atoms with E-state index < -0.39 is 0 Å². The lowest BCUT2D eigenvalue weighted by Gasteiger charge is -2.24. The van der Waals surface area contributed by atoms with E-state index >= 15 is 0 Å². The van der Waals surface area contributed by atoms with Crippen molar-refractivity contribution in [1.29, 1.82) is 0 Å². The topological polar surface area (TPSA) is 47.7 Å². The molecule has 4 nitrogen and oxygen atoms in total. The van der Waals surface area contributed by atoms with Crippen molar-refractivity contribution in [2.24, 2.45) is 11.7 Å². The Morgan fingerprint density at radius 3 is 2.57 bits per heavy atom. The molecule has 2 atom stereocenters. The van der Waals surface area contributed by atoms with Crippen LogP contribution in [0.2, 0.25) is 0 Å². The van der Waals surface area contributed by atoms with E-state index in [2.05, 4.69) is 33.8 Å². The largest absolute Gasteiger partial charge is 0.486 e. The first-order valence-corrected chi connectivity index (χ1v) is 7.99. The van der Waals surface area contributed by atoms with Gasteiger partial charge in [-0.3, -0.25) is 4.90 Å². The zero-order valence-corrected chi connectivity index (χ0v) is 14.6. The molecule has 0 saturated carbocycles. The molecule has 118 valence electrons. The molecule has 1 aromatic carbocycles. The fourth-order valence-electron chi connectivity index (χ4n) is 3.05. The number of hydrogen-bond acceptors (Lipinski definition) is 4. The van der Waals surface area contributed by atoms with Gasteiger partial charge in [0.25, 0.3) is 0 Å². The number of halogens is 2. The van der Waals surface area contributed by atoms with Gasteiger partial charge >= 0.3 is 0 Å². The number of likely N-dealkylation sites (tertiary alicyclic amines) is 1. The van der Waals surface area contributed by atoms with Gasteiger partial charge in [0.15, 0.2) is 11.5 Å². The zero-order chi connectivity index (χ0) is 14.1. The number of ether oxygens (including phenoxy) is 2. The van der Waals surface area contributed by atoms with Gasteiger partial charge in [0.1, 0.15) is 13.2 Å². The molecule has 0 aromatic heterocycles. The Bertz CT molecular complexity index is 501. The summed E-state index contributed by atoms with van der Waals surface area (Å²) in [6.45, 7) is 6.32. The van der Waals surface area contributed by atoms with E-state index in [-0.39, 0.29) is 12.4 Å². The molecule has 2 unspecified atom stereocenters. The van der Waals surface area contributed by atoms with Gasteiger partial charge in [0.2, 0.25) is 0 Å². The summed E-state index contributed by atoms with van der Waals surface area (Å²) in [5.74, 6) is 2.32. The Morgan fingerprint density at radius 1 is 1.29 bits per heavy atom. The van der Waals surface area contributed by atoms with Gasteiger partial charge in [-0.2, -0.15) is 0 Å². The Labute approximate surface area is 140 Å². The Morgan fingerprint density at radius 2 is 1.95 bits per heavy atom. The first kappa shape index (κ1) is 16.9. The van der Waals surface area contributed by atoms with Gasteiger partial charge in [0, 0.05) is 23.6 Å².